The Bertz CT molecular complexity index is 582. The van der Waals surface area contributed by atoms with E-state index >= 15 is 0 Å². The maximum absolute atomic E-state index is 12.0. The van der Waals surface area contributed by atoms with Crippen LogP contribution >= 0.6 is 0 Å². The van der Waals surface area contributed by atoms with Gasteiger partial charge in [0.25, 0.3) is 0 Å². The Morgan fingerprint density at radius 1 is 1.04 bits per heavy atom. The molecular formula is C20H32O3S. The van der Waals surface area contributed by atoms with E-state index in [0.29, 0.717) is 11.7 Å². The monoisotopic (exact) mass is 352 g/mol. The lowest BCUT2D eigenvalue weighted by molar-refractivity contribution is 0.274. The van der Waals surface area contributed by atoms with Gasteiger partial charge in [-0.05, 0) is 69.1 Å². The van der Waals surface area contributed by atoms with E-state index in [0.717, 1.165) is 30.9 Å². The fourth-order valence-electron chi connectivity index (χ4n) is 3.59. The second-order valence-corrected chi connectivity index (χ2v) is 10.1. The van der Waals surface area contributed by atoms with Gasteiger partial charge >= 0.3 is 0 Å². The van der Waals surface area contributed by atoms with Crippen LogP contribution in [0.4, 0.5) is 0 Å². The summed E-state index contributed by atoms with van der Waals surface area (Å²) < 4.78 is 29.3. The lowest BCUT2D eigenvalue weighted by Gasteiger charge is -2.28. The van der Waals surface area contributed by atoms with E-state index in [-0.39, 0.29) is 5.25 Å². The first-order valence-electron chi connectivity index (χ1n) is 9.25. The molecule has 3 nitrogen and oxygen atoms in total. The van der Waals surface area contributed by atoms with Gasteiger partial charge in [0.2, 0.25) is 0 Å². The van der Waals surface area contributed by atoms with E-state index in [9.17, 15) is 8.42 Å². The number of methoxy groups -OCH3 is 1. The molecule has 0 bridgehead atoms. The zero-order chi connectivity index (χ0) is 17.6. The summed E-state index contributed by atoms with van der Waals surface area (Å²) in [5.74, 6) is 2.47. The van der Waals surface area contributed by atoms with Gasteiger partial charge in [0, 0.05) is 0 Å². The molecule has 1 aromatic carbocycles. The standard InChI is InChI=1S/C20H32O3S/c1-16(2)24(21,22)15-19-9-7-17(8-10-19)5-4-6-18-11-13-20(23-3)14-12-18/h11-14,16-17,19H,4-10,15H2,1-3H3. The van der Waals surface area contributed by atoms with E-state index in [1.165, 1.54) is 31.2 Å². The molecule has 2 rings (SSSR count). The molecular weight excluding hydrogens is 320 g/mol. The lowest BCUT2D eigenvalue weighted by atomic mass is 9.80. The van der Waals surface area contributed by atoms with Crippen LogP contribution in [0.15, 0.2) is 24.3 Å². The van der Waals surface area contributed by atoms with E-state index in [4.69, 9.17) is 4.74 Å². The Hall–Kier alpha value is -1.03. The highest BCUT2D eigenvalue weighted by atomic mass is 32.2. The van der Waals surface area contributed by atoms with Crippen molar-refractivity contribution < 1.29 is 13.2 Å². The molecule has 0 atom stereocenters. The Kier molecular flexibility index (Phi) is 7.15. The Morgan fingerprint density at radius 2 is 1.62 bits per heavy atom. The Balaban J connectivity index is 1.67. The van der Waals surface area contributed by atoms with Gasteiger partial charge in [-0.25, -0.2) is 8.42 Å². The summed E-state index contributed by atoms with van der Waals surface area (Å²) in [7, 11) is -1.19. The number of hydrogen-bond donors (Lipinski definition) is 0. The van der Waals surface area contributed by atoms with Gasteiger partial charge in [-0.15, -0.1) is 0 Å². The first-order chi connectivity index (χ1) is 11.4. The number of ether oxygens (including phenoxy) is 1. The molecule has 0 unspecified atom stereocenters. The molecule has 24 heavy (non-hydrogen) atoms. The van der Waals surface area contributed by atoms with Crippen molar-refractivity contribution in [3.8, 4) is 5.75 Å². The molecule has 0 N–H and O–H groups in total. The quantitative estimate of drug-likeness (QED) is 0.684. The average molecular weight is 353 g/mol. The lowest BCUT2D eigenvalue weighted by Crippen LogP contribution is -2.26. The number of hydrogen-bond acceptors (Lipinski definition) is 3. The summed E-state index contributed by atoms with van der Waals surface area (Å²) in [6.45, 7) is 3.58. The normalized spacial score (nSPS) is 21.8. The van der Waals surface area contributed by atoms with Crippen LogP contribution < -0.4 is 4.74 Å². The van der Waals surface area contributed by atoms with Crippen molar-refractivity contribution in [1.82, 2.24) is 0 Å². The van der Waals surface area contributed by atoms with Gasteiger partial charge in [-0.2, -0.15) is 0 Å². The number of rotatable bonds is 8. The van der Waals surface area contributed by atoms with Crippen molar-refractivity contribution in [3.63, 3.8) is 0 Å². The zero-order valence-electron chi connectivity index (χ0n) is 15.3. The summed E-state index contributed by atoms with van der Waals surface area (Å²) in [5, 5.41) is -0.236. The molecule has 0 spiro atoms. The predicted octanol–water partition coefficient (Wildman–Crippen LogP) is 4.65. The summed E-state index contributed by atoms with van der Waals surface area (Å²) in [5.41, 5.74) is 1.37. The fourth-order valence-corrected chi connectivity index (χ4v) is 4.97. The van der Waals surface area contributed by atoms with Crippen LogP contribution in [-0.4, -0.2) is 26.5 Å². The minimum atomic E-state index is -2.88. The minimum Gasteiger partial charge on any atom is -0.497 e. The topological polar surface area (TPSA) is 43.4 Å². The molecule has 0 heterocycles. The highest BCUT2D eigenvalue weighted by Crippen LogP contribution is 2.33. The van der Waals surface area contributed by atoms with Gasteiger partial charge < -0.3 is 4.74 Å². The van der Waals surface area contributed by atoms with Crippen LogP contribution in [0.1, 0.15) is 57.9 Å². The molecule has 1 aliphatic rings. The smallest absolute Gasteiger partial charge is 0.152 e. The van der Waals surface area contributed by atoms with Crippen molar-refractivity contribution in [2.45, 2.75) is 64.0 Å². The maximum Gasteiger partial charge on any atom is 0.152 e. The summed E-state index contributed by atoms with van der Waals surface area (Å²) in [6, 6.07) is 8.34. The van der Waals surface area contributed by atoms with Crippen LogP contribution in [0.2, 0.25) is 0 Å². The van der Waals surface area contributed by atoms with E-state index in [1.54, 1.807) is 21.0 Å². The molecule has 1 fully saturated rings. The molecule has 1 aromatic rings. The summed E-state index contributed by atoms with van der Waals surface area (Å²) in [6.07, 6.45) is 8.15. The average Bonchev–Trinajstić information content (AvgIpc) is 2.56. The fraction of sp³-hybridized carbons (Fsp3) is 0.700. The second kappa shape index (κ2) is 8.89. The van der Waals surface area contributed by atoms with Crippen LogP contribution in [0.25, 0.3) is 0 Å². The summed E-state index contributed by atoms with van der Waals surface area (Å²) in [4.78, 5) is 0. The van der Waals surface area contributed by atoms with Crippen molar-refractivity contribution in [1.29, 1.82) is 0 Å². The number of sulfone groups is 1. The molecule has 1 aliphatic carbocycles. The molecule has 136 valence electrons. The summed E-state index contributed by atoms with van der Waals surface area (Å²) >= 11 is 0. The van der Waals surface area contributed by atoms with Gasteiger partial charge in [0.15, 0.2) is 9.84 Å². The molecule has 0 saturated heterocycles. The van der Waals surface area contributed by atoms with E-state index in [1.807, 2.05) is 12.1 Å². The third-order valence-electron chi connectivity index (χ3n) is 5.39. The van der Waals surface area contributed by atoms with Crippen LogP contribution in [0.3, 0.4) is 0 Å². The van der Waals surface area contributed by atoms with Crippen molar-refractivity contribution in [3.05, 3.63) is 29.8 Å². The SMILES string of the molecule is COc1ccc(CCCC2CCC(CS(=O)(=O)C(C)C)CC2)cc1. The van der Waals surface area contributed by atoms with Gasteiger partial charge in [-0.3, -0.25) is 0 Å². The van der Waals surface area contributed by atoms with Crippen LogP contribution in [0.5, 0.6) is 5.75 Å². The third-order valence-corrected chi connectivity index (χ3v) is 7.76. The van der Waals surface area contributed by atoms with E-state index in [2.05, 4.69) is 12.1 Å². The number of aryl methyl sites for hydroxylation is 1. The molecule has 1 saturated carbocycles. The highest BCUT2D eigenvalue weighted by molar-refractivity contribution is 7.91. The van der Waals surface area contributed by atoms with Crippen molar-refractivity contribution >= 4 is 9.84 Å². The molecule has 0 aliphatic heterocycles. The van der Waals surface area contributed by atoms with Gasteiger partial charge in [0.1, 0.15) is 5.75 Å². The second-order valence-electron chi connectivity index (χ2n) is 7.51. The molecule has 0 radical (unpaired) electrons. The van der Waals surface area contributed by atoms with Gasteiger partial charge in [-0.1, -0.05) is 31.4 Å². The van der Waals surface area contributed by atoms with Crippen molar-refractivity contribution in [2.75, 3.05) is 12.9 Å². The Morgan fingerprint density at radius 3 is 2.17 bits per heavy atom. The first-order valence-corrected chi connectivity index (χ1v) is 11.0. The highest BCUT2D eigenvalue weighted by Gasteiger charge is 2.26. The van der Waals surface area contributed by atoms with Crippen LogP contribution in [-0.2, 0) is 16.3 Å². The number of benzene rings is 1. The predicted molar refractivity (Wildman–Crippen MR) is 100 cm³/mol. The zero-order valence-corrected chi connectivity index (χ0v) is 16.1. The maximum atomic E-state index is 12.0. The largest absolute Gasteiger partial charge is 0.497 e. The van der Waals surface area contributed by atoms with Crippen LogP contribution in [0, 0.1) is 11.8 Å². The van der Waals surface area contributed by atoms with Gasteiger partial charge in [0.05, 0.1) is 18.1 Å². The molecule has 0 amide bonds. The van der Waals surface area contributed by atoms with Crippen molar-refractivity contribution in [2.24, 2.45) is 11.8 Å². The Labute approximate surface area is 147 Å². The molecule has 0 aromatic heterocycles. The van der Waals surface area contributed by atoms with E-state index < -0.39 is 9.84 Å². The third kappa shape index (κ3) is 5.80. The first kappa shape index (κ1) is 19.3. The molecule has 4 heteroatoms. The minimum absolute atomic E-state index is 0.236.